The Hall–Kier alpha value is -3.08. The third-order valence-corrected chi connectivity index (χ3v) is 7.92. The van der Waals surface area contributed by atoms with E-state index in [1.54, 1.807) is 50.3 Å². The summed E-state index contributed by atoms with van der Waals surface area (Å²) in [6.45, 7) is 9.81. The molecule has 3 aromatic rings. The Bertz CT molecular complexity index is 1660. The fraction of sp³-hybridized carbons (Fsp3) is 0.345. The molecule has 1 aliphatic rings. The predicted molar refractivity (Wildman–Crippen MR) is 159 cm³/mol. The van der Waals surface area contributed by atoms with Gasteiger partial charge in [0.1, 0.15) is 5.75 Å². The molecule has 0 saturated heterocycles. The number of carbonyl (C=O) groups is 1. The molecule has 4 rings (SSSR count). The van der Waals surface area contributed by atoms with Gasteiger partial charge >= 0.3 is 5.97 Å². The average Bonchev–Trinajstić information content (AvgIpc) is 3.19. The molecule has 2 aromatic carbocycles. The first-order chi connectivity index (χ1) is 19.1. The lowest BCUT2D eigenvalue weighted by molar-refractivity contribution is -0.139. The molecule has 40 heavy (non-hydrogen) atoms. The molecule has 1 aliphatic heterocycles. The summed E-state index contributed by atoms with van der Waals surface area (Å²) in [6, 6.07) is 7.97. The van der Waals surface area contributed by atoms with Crippen LogP contribution in [0.1, 0.15) is 51.8 Å². The number of hydrogen-bond acceptors (Lipinski definition) is 8. The van der Waals surface area contributed by atoms with Crippen LogP contribution in [0.25, 0.3) is 6.08 Å². The summed E-state index contributed by atoms with van der Waals surface area (Å²) in [4.78, 5) is 32.4. The number of aromatic nitrogens is 1. The number of nitrogens with zero attached hydrogens (tertiary/aromatic N) is 2. The normalized spacial score (nSPS) is 15.1. The quantitative estimate of drug-likeness (QED) is 0.288. The standard InChI is InChI=1S/C29H30BrClN2O6S/c1-7-37-23-14-20(30)19(13-22(23)36-6)26-25(28(35)38-8-2)16(5)32-29-33(26)27(34)24(40-29)12-17-11-18(31)9-10-21(17)39-15(3)4/h9-15,26H,7-8H2,1-6H3/b24-12-/t26-/m0/s1. The van der Waals surface area contributed by atoms with Crippen molar-refractivity contribution in [2.75, 3.05) is 20.3 Å². The maximum Gasteiger partial charge on any atom is 0.338 e. The van der Waals surface area contributed by atoms with Crippen LogP contribution in [0, 0.1) is 0 Å². The van der Waals surface area contributed by atoms with Crippen LogP contribution in [0.15, 0.2) is 55.9 Å². The molecular weight excluding hydrogens is 620 g/mol. The molecule has 0 aliphatic carbocycles. The Morgan fingerprint density at radius 3 is 2.58 bits per heavy atom. The van der Waals surface area contributed by atoms with Crippen LogP contribution in [0.4, 0.5) is 0 Å². The highest BCUT2D eigenvalue weighted by Gasteiger charge is 2.35. The number of halogens is 2. The van der Waals surface area contributed by atoms with Crippen LogP contribution < -0.4 is 29.1 Å². The third-order valence-electron chi connectivity index (χ3n) is 6.02. The highest BCUT2D eigenvalue weighted by Crippen LogP contribution is 2.41. The number of methoxy groups -OCH3 is 1. The van der Waals surface area contributed by atoms with Crippen molar-refractivity contribution in [2.24, 2.45) is 4.99 Å². The topological polar surface area (TPSA) is 88.4 Å². The molecular formula is C29H30BrClN2O6S. The van der Waals surface area contributed by atoms with Gasteiger partial charge in [0.25, 0.3) is 5.56 Å². The summed E-state index contributed by atoms with van der Waals surface area (Å²) >= 11 is 11.1. The number of ether oxygens (including phenoxy) is 4. The van der Waals surface area contributed by atoms with Crippen LogP contribution in [0.3, 0.4) is 0 Å². The molecule has 0 bridgehead atoms. The maximum absolute atomic E-state index is 14.1. The van der Waals surface area contributed by atoms with E-state index in [0.717, 1.165) is 0 Å². The summed E-state index contributed by atoms with van der Waals surface area (Å²) < 4.78 is 25.2. The van der Waals surface area contributed by atoms with Gasteiger partial charge in [0.15, 0.2) is 16.3 Å². The summed E-state index contributed by atoms with van der Waals surface area (Å²) in [5.41, 5.74) is 1.69. The number of allylic oxidation sites excluding steroid dienone is 1. The summed E-state index contributed by atoms with van der Waals surface area (Å²) in [5.74, 6) is 1.05. The van der Waals surface area contributed by atoms with E-state index in [9.17, 15) is 9.59 Å². The summed E-state index contributed by atoms with van der Waals surface area (Å²) in [7, 11) is 1.54. The minimum absolute atomic E-state index is 0.0729. The summed E-state index contributed by atoms with van der Waals surface area (Å²) in [6.07, 6.45) is 1.66. The highest BCUT2D eigenvalue weighted by atomic mass is 79.9. The maximum atomic E-state index is 14.1. The van der Waals surface area contributed by atoms with Crippen molar-refractivity contribution in [3.05, 3.63) is 81.9 Å². The van der Waals surface area contributed by atoms with Gasteiger partial charge in [-0.15, -0.1) is 0 Å². The minimum atomic E-state index is -0.831. The number of fused-ring (bicyclic) bond motifs is 1. The second-order valence-electron chi connectivity index (χ2n) is 9.11. The van der Waals surface area contributed by atoms with Crippen LogP contribution >= 0.6 is 38.9 Å². The lowest BCUT2D eigenvalue weighted by Crippen LogP contribution is -2.40. The van der Waals surface area contributed by atoms with Gasteiger partial charge in [-0.05, 0) is 76.6 Å². The van der Waals surface area contributed by atoms with E-state index in [4.69, 9.17) is 30.5 Å². The van der Waals surface area contributed by atoms with Crippen molar-refractivity contribution in [3.8, 4) is 17.2 Å². The fourth-order valence-electron chi connectivity index (χ4n) is 4.41. The number of thiazole rings is 1. The van der Waals surface area contributed by atoms with Crippen molar-refractivity contribution in [2.45, 2.75) is 46.8 Å². The minimum Gasteiger partial charge on any atom is -0.493 e. The zero-order valence-corrected chi connectivity index (χ0v) is 26.2. The van der Waals surface area contributed by atoms with E-state index in [0.29, 0.717) is 59.5 Å². The molecule has 1 aromatic heterocycles. The number of hydrogen-bond donors (Lipinski definition) is 0. The lowest BCUT2D eigenvalue weighted by Gasteiger charge is -2.26. The molecule has 11 heteroatoms. The molecule has 1 atom stereocenters. The van der Waals surface area contributed by atoms with Gasteiger partial charge in [-0.3, -0.25) is 9.36 Å². The molecule has 212 valence electrons. The van der Waals surface area contributed by atoms with Crippen molar-refractivity contribution < 1.29 is 23.7 Å². The molecule has 2 heterocycles. The lowest BCUT2D eigenvalue weighted by atomic mass is 9.95. The Morgan fingerprint density at radius 1 is 1.18 bits per heavy atom. The van der Waals surface area contributed by atoms with Crippen molar-refractivity contribution >= 4 is 50.9 Å². The van der Waals surface area contributed by atoms with Crippen LogP contribution in [0.2, 0.25) is 5.02 Å². The summed E-state index contributed by atoms with van der Waals surface area (Å²) in [5, 5.41) is 0.513. The number of esters is 1. The largest absolute Gasteiger partial charge is 0.493 e. The first-order valence-electron chi connectivity index (χ1n) is 12.8. The van der Waals surface area contributed by atoms with E-state index in [1.807, 2.05) is 20.8 Å². The number of rotatable bonds is 9. The van der Waals surface area contributed by atoms with Crippen LogP contribution in [-0.4, -0.2) is 37.0 Å². The van der Waals surface area contributed by atoms with E-state index < -0.39 is 12.0 Å². The second-order valence-corrected chi connectivity index (χ2v) is 11.4. The van der Waals surface area contributed by atoms with E-state index in [1.165, 1.54) is 23.0 Å². The highest BCUT2D eigenvalue weighted by molar-refractivity contribution is 9.10. The van der Waals surface area contributed by atoms with Gasteiger partial charge in [0.05, 0.1) is 48.3 Å². The van der Waals surface area contributed by atoms with Crippen LogP contribution in [0.5, 0.6) is 17.2 Å². The second kappa shape index (κ2) is 12.6. The monoisotopic (exact) mass is 648 g/mol. The average molecular weight is 650 g/mol. The van der Waals surface area contributed by atoms with Crippen molar-refractivity contribution in [3.63, 3.8) is 0 Å². The molecule has 0 saturated carbocycles. The van der Waals surface area contributed by atoms with Gasteiger partial charge in [0, 0.05) is 15.1 Å². The first-order valence-corrected chi connectivity index (χ1v) is 14.7. The van der Waals surface area contributed by atoms with Crippen molar-refractivity contribution in [1.82, 2.24) is 4.57 Å². The Balaban J connectivity index is 2.00. The van der Waals surface area contributed by atoms with Crippen LogP contribution in [-0.2, 0) is 9.53 Å². The molecule has 0 unspecified atom stereocenters. The Morgan fingerprint density at radius 2 is 1.93 bits per heavy atom. The molecule has 0 N–H and O–H groups in total. The van der Waals surface area contributed by atoms with Crippen molar-refractivity contribution in [1.29, 1.82) is 0 Å². The SMILES string of the molecule is CCOC(=O)C1=C(C)N=c2s/c(=C\c3cc(Cl)ccc3OC(C)C)c(=O)n2[C@H]1c1cc(OC)c(OCC)cc1Br. The van der Waals surface area contributed by atoms with E-state index in [-0.39, 0.29) is 23.8 Å². The molecule has 0 amide bonds. The molecule has 0 spiro atoms. The van der Waals surface area contributed by atoms with Gasteiger partial charge in [-0.25, -0.2) is 9.79 Å². The number of benzene rings is 2. The Kier molecular flexibility index (Phi) is 9.43. The molecule has 8 nitrogen and oxygen atoms in total. The fourth-order valence-corrected chi connectivity index (χ4v) is 6.17. The Labute approximate surface area is 249 Å². The zero-order chi connectivity index (χ0) is 29.1. The molecule has 0 fully saturated rings. The van der Waals surface area contributed by atoms with Gasteiger partial charge in [0.2, 0.25) is 0 Å². The molecule has 0 radical (unpaired) electrons. The van der Waals surface area contributed by atoms with Gasteiger partial charge < -0.3 is 18.9 Å². The van der Waals surface area contributed by atoms with Gasteiger partial charge in [-0.2, -0.15) is 0 Å². The van der Waals surface area contributed by atoms with E-state index in [2.05, 4.69) is 20.9 Å². The smallest absolute Gasteiger partial charge is 0.338 e. The van der Waals surface area contributed by atoms with Gasteiger partial charge in [-0.1, -0.05) is 38.9 Å². The number of carbonyl (C=O) groups excluding carboxylic acids is 1. The third kappa shape index (κ3) is 5.99. The van der Waals surface area contributed by atoms with E-state index >= 15 is 0 Å². The zero-order valence-electron chi connectivity index (χ0n) is 23.0. The predicted octanol–water partition coefficient (Wildman–Crippen LogP) is 5.41. The first kappa shape index (κ1) is 29.9.